The molecule has 1 aliphatic heterocycles. The average molecular weight is 460 g/mol. The number of benzene rings is 2. The third kappa shape index (κ3) is 4.17. The number of ether oxygens (including phenoxy) is 1. The molecule has 34 heavy (non-hydrogen) atoms. The molecule has 8 heteroatoms. The van der Waals surface area contributed by atoms with E-state index in [9.17, 15) is 23.9 Å². The quantitative estimate of drug-likeness (QED) is 0.268. The topological polar surface area (TPSA) is 96.8 Å². The molecule has 1 N–H and O–H groups in total. The van der Waals surface area contributed by atoms with Crippen molar-refractivity contribution >= 4 is 23.4 Å². The van der Waals surface area contributed by atoms with Gasteiger partial charge in [-0.25, -0.2) is 9.18 Å². The highest BCUT2D eigenvalue weighted by Crippen LogP contribution is 2.40. The Labute approximate surface area is 195 Å². The molecule has 0 spiro atoms. The number of aliphatic hydroxyl groups excluding tert-OH is 1. The summed E-state index contributed by atoms with van der Waals surface area (Å²) >= 11 is 0. The maximum absolute atomic E-state index is 14.2. The van der Waals surface area contributed by atoms with Gasteiger partial charge in [-0.05, 0) is 47.9 Å². The Kier molecular flexibility index (Phi) is 6.23. The summed E-state index contributed by atoms with van der Waals surface area (Å²) in [6.45, 7) is 1.63. The second-order valence-electron chi connectivity index (χ2n) is 7.87. The van der Waals surface area contributed by atoms with Crippen molar-refractivity contribution < 1.29 is 28.6 Å². The smallest absolute Gasteiger partial charge is 0.337 e. The van der Waals surface area contributed by atoms with Gasteiger partial charge in [0.15, 0.2) is 0 Å². The number of Topliss-reactive ketones (excluding diaryl/α,β-unsaturated/α-hetero) is 1. The SMILES string of the molecule is COC(=O)c1ccc(C2/C(=C(\O)c3ccc(C)c(F)c3)C(=O)C(=O)N2Cc2cccnc2)cc1. The number of nitrogens with zero attached hydrogens (tertiary/aromatic N) is 2. The van der Waals surface area contributed by atoms with Crippen molar-refractivity contribution in [1.29, 1.82) is 0 Å². The fourth-order valence-corrected chi connectivity index (χ4v) is 3.89. The zero-order chi connectivity index (χ0) is 24.4. The van der Waals surface area contributed by atoms with Gasteiger partial charge in [-0.1, -0.05) is 30.3 Å². The molecule has 1 aromatic heterocycles. The van der Waals surface area contributed by atoms with E-state index in [-0.39, 0.29) is 23.2 Å². The standard InChI is InChI=1S/C26H21FN2O5/c1-15-5-6-19(12-20(15)27)23(30)21-22(17-7-9-18(10-8-17)26(33)34-2)29(25(32)24(21)31)14-16-4-3-11-28-13-16/h3-13,22,30H,14H2,1-2H3/b23-21+. The van der Waals surface area contributed by atoms with E-state index < -0.39 is 35.3 Å². The monoisotopic (exact) mass is 460 g/mol. The maximum Gasteiger partial charge on any atom is 0.337 e. The summed E-state index contributed by atoms with van der Waals surface area (Å²) in [6.07, 6.45) is 3.17. The van der Waals surface area contributed by atoms with Crippen molar-refractivity contribution in [2.24, 2.45) is 0 Å². The molecule has 3 aromatic rings. The Morgan fingerprint density at radius 1 is 1.12 bits per heavy atom. The molecule has 4 rings (SSSR count). The van der Waals surface area contributed by atoms with E-state index in [0.717, 1.165) is 6.07 Å². The van der Waals surface area contributed by atoms with Crippen molar-refractivity contribution in [2.45, 2.75) is 19.5 Å². The number of pyridine rings is 1. The number of aryl methyl sites for hydroxylation is 1. The van der Waals surface area contributed by atoms with Gasteiger partial charge in [0.05, 0.1) is 24.3 Å². The lowest BCUT2D eigenvalue weighted by Gasteiger charge is -2.25. The van der Waals surface area contributed by atoms with E-state index in [1.807, 2.05) is 0 Å². The number of hydrogen-bond acceptors (Lipinski definition) is 6. The van der Waals surface area contributed by atoms with Gasteiger partial charge < -0.3 is 14.7 Å². The number of rotatable bonds is 5. The van der Waals surface area contributed by atoms with Gasteiger partial charge in [-0.2, -0.15) is 0 Å². The molecule has 0 saturated carbocycles. The number of esters is 1. The first kappa shape index (κ1) is 22.8. The molecule has 1 fully saturated rings. The summed E-state index contributed by atoms with van der Waals surface area (Å²) in [4.78, 5) is 43.3. The highest BCUT2D eigenvalue weighted by molar-refractivity contribution is 6.46. The van der Waals surface area contributed by atoms with Gasteiger partial charge in [-0.15, -0.1) is 0 Å². The van der Waals surface area contributed by atoms with Crippen LogP contribution in [0.15, 0.2) is 72.6 Å². The van der Waals surface area contributed by atoms with Crippen molar-refractivity contribution in [3.8, 4) is 0 Å². The second-order valence-corrected chi connectivity index (χ2v) is 7.87. The molecule has 1 aliphatic rings. The third-order valence-corrected chi connectivity index (χ3v) is 5.71. The molecular weight excluding hydrogens is 439 g/mol. The first-order valence-corrected chi connectivity index (χ1v) is 10.4. The highest BCUT2D eigenvalue weighted by Gasteiger charge is 2.46. The molecule has 1 unspecified atom stereocenters. The maximum atomic E-state index is 14.2. The van der Waals surface area contributed by atoms with Crippen molar-refractivity contribution in [3.05, 3.63) is 106 Å². The summed E-state index contributed by atoms with van der Waals surface area (Å²) in [6, 6.07) is 12.8. The number of likely N-dealkylation sites (tertiary alicyclic amines) is 1. The number of aliphatic hydroxyl groups is 1. The molecule has 0 aliphatic carbocycles. The third-order valence-electron chi connectivity index (χ3n) is 5.71. The number of amides is 1. The van der Waals surface area contributed by atoms with Gasteiger partial charge in [0.1, 0.15) is 11.6 Å². The minimum absolute atomic E-state index is 0.0564. The fraction of sp³-hybridized carbons (Fsp3) is 0.154. The van der Waals surface area contributed by atoms with Crippen LogP contribution in [-0.4, -0.2) is 39.8 Å². The number of halogens is 1. The molecule has 1 atom stereocenters. The lowest BCUT2D eigenvalue weighted by molar-refractivity contribution is -0.140. The van der Waals surface area contributed by atoms with Gasteiger partial charge in [0, 0.05) is 24.5 Å². The van der Waals surface area contributed by atoms with Gasteiger partial charge in [0.2, 0.25) is 0 Å². The van der Waals surface area contributed by atoms with E-state index >= 15 is 0 Å². The Morgan fingerprint density at radius 3 is 2.44 bits per heavy atom. The average Bonchev–Trinajstić information content (AvgIpc) is 3.10. The van der Waals surface area contributed by atoms with Gasteiger partial charge in [0.25, 0.3) is 11.7 Å². The highest BCUT2D eigenvalue weighted by atomic mass is 19.1. The minimum Gasteiger partial charge on any atom is -0.507 e. The van der Waals surface area contributed by atoms with E-state index in [4.69, 9.17) is 4.74 Å². The molecular formula is C26H21FN2O5. The summed E-state index contributed by atoms with van der Waals surface area (Å²) in [5, 5.41) is 11.0. The predicted octanol–water partition coefficient (Wildman–Crippen LogP) is 3.94. The summed E-state index contributed by atoms with van der Waals surface area (Å²) in [5.41, 5.74) is 1.76. The van der Waals surface area contributed by atoms with E-state index in [0.29, 0.717) is 16.7 Å². The van der Waals surface area contributed by atoms with Crippen LogP contribution in [-0.2, 0) is 20.9 Å². The number of carbonyl (C=O) groups is 3. The molecule has 1 amide bonds. The van der Waals surface area contributed by atoms with Gasteiger partial charge in [-0.3, -0.25) is 14.6 Å². The lowest BCUT2D eigenvalue weighted by atomic mass is 9.94. The Bertz CT molecular complexity index is 1300. The Balaban J connectivity index is 1.86. The summed E-state index contributed by atoms with van der Waals surface area (Å²) < 4.78 is 18.9. The summed E-state index contributed by atoms with van der Waals surface area (Å²) in [5.74, 6) is -3.25. The minimum atomic E-state index is -0.962. The van der Waals surface area contributed by atoms with Crippen LogP contribution >= 0.6 is 0 Å². The molecule has 172 valence electrons. The summed E-state index contributed by atoms with van der Waals surface area (Å²) in [7, 11) is 1.26. The zero-order valence-electron chi connectivity index (χ0n) is 18.5. The van der Waals surface area contributed by atoms with Crippen LogP contribution in [0.1, 0.15) is 38.7 Å². The number of methoxy groups -OCH3 is 1. The van der Waals surface area contributed by atoms with Crippen molar-refractivity contribution in [1.82, 2.24) is 9.88 Å². The van der Waals surface area contributed by atoms with Crippen LogP contribution in [0.3, 0.4) is 0 Å². The molecule has 2 aromatic carbocycles. The number of hydrogen-bond donors (Lipinski definition) is 1. The van der Waals surface area contributed by atoms with Gasteiger partial charge >= 0.3 is 5.97 Å². The van der Waals surface area contributed by atoms with E-state index in [1.165, 1.54) is 36.3 Å². The van der Waals surface area contributed by atoms with Crippen LogP contribution in [0.25, 0.3) is 5.76 Å². The number of aromatic nitrogens is 1. The van der Waals surface area contributed by atoms with Crippen LogP contribution in [0.4, 0.5) is 4.39 Å². The molecule has 2 heterocycles. The Hall–Kier alpha value is -4.33. The Morgan fingerprint density at radius 2 is 1.82 bits per heavy atom. The first-order valence-electron chi connectivity index (χ1n) is 10.4. The van der Waals surface area contributed by atoms with Crippen molar-refractivity contribution in [3.63, 3.8) is 0 Å². The molecule has 1 saturated heterocycles. The molecule has 0 radical (unpaired) electrons. The number of ketones is 1. The van der Waals surface area contributed by atoms with Crippen LogP contribution in [0, 0.1) is 12.7 Å². The normalized spacial score (nSPS) is 17.1. The van der Waals surface area contributed by atoms with E-state index in [2.05, 4.69) is 4.98 Å². The largest absolute Gasteiger partial charge is 0.507 e. The van der Waals surface area contributed by atoms with Crippen LogP contribution in [0.2, 0.25) is 0 Å². The molecule has 7 nitrogen and oxygen atoms in total. The van der Waals surface area contributed by atoms with E-state index in [1.54, 1.807) is 43.6 Å². The predicted molar refractivity (Wildman–Crippen MR) is 121 cm³/mol. The number of carbonyl (C=O) groups excluding carboxylic acids is 3. The van der Waals surface area contributed by atoms with Crippen LogP contribution in [0.5, 0.6) is 0 Å². The zero-order valence-corrected chi connectivity index (χ0v) is 18.5. The lowest BCUT2D eigenvalue weighted by Crippen LogP contribution is -2.29. The van der Waals surface area contributed by atoms with Crippen molar-refractivity contribution in [2.75, 3.05) is 7.11 Å². The first-order chi connectivity index (χ1) is 16.3. The fourth-order valence-electron chi connectivity index (χ4n) is 3.89. The molecule has 0 bridgehead atoms. The van der Waals surface area contributed by atoms with Crippen LogP contribution < -0.4 is 0 Å². The second kappa shape index (κ2) is 9.27.